The van der Waals surface area contributed by atoms with Crippen LogP contribution in [-0.4, -0.2) is 23.3 Å². The van der Waals surface area contributed by atoms with Crippen molar-refractivity contribution in [2.24, 2.45) is 0 Å². The fraction of sp³-hybridized carbons (Fsp3) is 0.250. The van der Waals surface area contributed by atoms with Crippen molar-refractivity contribution in [3.05, 3.63) is 36.4 Å². The number of anilines is 1. The Labute approximate surface area is 115 Å². The molecule has 0 saturated carbocycles. The Hall–Kier alpha value is -2.09. The summed E-state index contributed by atoms with van der Waals surface area (Å²) in [6, 6.07) is 3.02. The maximum atomic E-state index is 13.1. The molecule has 0 aliphatic rings. The van der Waals surface area contributed by atoms with Crippen LogP contribution in [0.3, 0.4) is 0 Å². The third kappa shape index (κ3) is 2.90. The van der Waals surface area contributed by atoms with Gasteiger partial charge in [0.05, 0.1) is 11.9 Å². The number of aromatic hydroxyl groups is 1. The lowest BCUT2D eigenvalue weighted by Gasteiger charge is -2.08. The molecule has 0 aliphatic carbocycles. The first-order valence-corrected chi connectivity index (χ1v) is 7.33. The first kappa shape index (κ1) is 14.3. The molecule has 2 aromatic rings. The lowest BCUT2D eigenvalue weighted by atomic mass is 10.3. The minimum absolute atomic E-state index is 0.0153. The van der Waals surface area contributed by atoms with Crippen molar-refractivity contribution < 1.29 is 17.9 Å². The van der Waals surface area contributed by atoms with Crippen LogP contribution in [0.2, 0.25) is 0 Å². The van der Waals surface area contributed by atoms with E-state index in [0.717, 1.165) is 18.2 Å². The first-order chi connectivity index (χ1) is 9.29. The zero-order valence-corrected chi connectivity index (χ0v) is 11.7. The van der Waals surface area contributed by atoms with Crippen LogP contribution < -0.4 is 4.72 Å². The summed E-state index contributed by atoms with van der Waals surface area (Å²) in [5.74, 6) is -1.01. The van der Waals surface area contributed by atoms with Crippen LogP contribution >= 0.6 is 0 Å². The largest absolute Gasteiger partial charge is 0.506 e. The van der Waals surface area contributed by atoms with Crippen LogP contribution in [0.25, 0.3) is 0 Å². The molecule has 1 aromatic heterocycles. The highest BCUT2D eigenvalue weighted by Crippen LogP contribution is 2.26. The van der Waals surface area contributed by atoms with E-state index in [0.29, 0.717) is 0 Å². The van der Waals surface area contributed by atoms with E-state index < -0.39 is 15.8 Å². The Morgan fingerprint density at radius 1 is 1.40 bits per heavy atom. The van der Waals surface area contributed by atoms with Gasteiger partial charge in [-0.15, -0.1) is 0 Å². The summed E-state index contributed by atoms with van der Waals surface area (Å²) in [5.41, 5.74) is -0.220. The summed E-state index contributed by atoms with van der Waals surface area (Å²) in [5, 5.41) is 13.4. The van der Waals surface area contributed by atoms with Crippen LogP contribution in [0, 0.1) is 5.82 Å². The average Bonchev–Trinajstić information content (AvgIpc) is 2.84. The molecule has 2 rings (SSSR count). The zero-order valence-electron chi connectivity index (χ0n) is 10.9. The molecule has 0 amide bonds. The predicted molar refractivity (Wildman–Crippen MR) is 71.5 cm³/mol. The van der Waals surface area contributed by atoms with Gasteiger partial charge in [0.25, 0.3) is 10.0 Å². The van der Waals surface area contributed by atoms with Crippen molar-refractivity contribution in [3.8, 4) is 5.75 Å². The highest BCUT2D eigenvalue weighted by atomic mass is 32.2. The summed E-state index contributed by atoms with van der Waals surface area (Å²) < 4.78 is 40.9. The number of phenolic OH excluding ortho intramolecular Hbond substituents is 1. The second-order valence-corrected chi connectivity index (χ2v) is 6.20. The number of halogens is 1. The van der Waals surface area contributed by atoms with Gasteiger partial charge in [-0.25, -0.2) is 12.8 Å². The Balaban J connectivity index is 2.33. The van der Waals surface area contributed by atoms with E-state index in [4.69, 9.17) is 0 Å². The van der Waals surface area contributed by atoms with Crippen LogP contribution in [-0.2, 0) is 10.0 Å². The maximum absolute atomic E-state index is 13.1. The second kappa shape index (κ2) is 5.12. The maximum Gasteiger partial charge on any atom is 0.265 e. The van der Waals surface area contributed by atoms with E-state index >= 15 is 0 Å². The van der Waals surface area contributed by atoms with Gasteiger partial charge in [-0.1, -0.05) is 0 Å². The number of benzene rings is 1. The molecule has 0 radical (unpaired) electrons. The lowest BCUT2D eigenvalue weighted by molar-refractivity contribution is 0.475. The Kier molecular flexibility index (Phi) is 3.67. The monoisotopic (exact) mass is 299 g/mol. The van der Waals surface area contributed by atoms with Gasteiger partial charge in [0.2, 0.25) is 0 Å². The predicted octanol–water partition coefficient (Wildman–Crippen LogP) is 2.11. The van der Waals surface area contributed by atoms with E-state index in [2.05, 4.69) is 9.82 Å². The third-order valence-corrected chi connectivity index (χ3v) is 3.94. The molecule has 0 bridgehead atoms. The Morgan fingerprint density at radius 2 is 2.10 bits per heavy atom. The molecule has 0 spiro atoms. The van der Waals surface area contributed by atoms with Gasteiger partial charge in [-0.05, 0) is 26.0 Å². The van der Waals surface area contributed by atoms with E-state index in [-0.39, 0.29) is 22.4 Å². The third-order valence-electron chi connectivity index (χ3n) is 2.62. The molecule has 0 atom stereocenters. The second-order valence-electron chi connectivity index (χ2n) is 4.52. The van der Waals surface area contributed by atoms with E-state index in [1.165, 1.54) is 17.1 Å². The lowest BCUT2D eigenvalue weighted by Crippen LogP contribution is -2.12. The molecule has 2 N–H and O–H groups in total. The average molecular weight is 299 g/mol. The van der Waals surface area contributed by atoms with E-state index in [1.807, 2.05) is 13.8 Å². The standard InChI is InChI=1S/C12H14FN3O3S/c1-8(2)16-7-10(6-14-16)20(18,19)15-11-5-9(13)3-4-12(11)17/h3-8,15,17H,1-2H3. The summed E-state index contributed by atoms with van der Waals surface area (Å²) in [6.45, 7) is 3.71. The van der Waals surface area contributed by atoms with Crippen molar-refractivity contribution in [2.45, 2.75) is 24.8 Å². The minimum atomic E-state index is -3.93. The van der Waals surface area contributed by atoms with Crippen molar-refractivity contribution in [1.29, 1.82) is 0 Å². The zero-order chi connectivity index (χ0) is 14.9. The van der Waals surface area contributed by atoms with Gasteiger partial charge in [0.1, 0.15) is 16.5 Å². The van der Waals surface area contributed by atoms with Gasteiger partial charge >= 0.3 is 0 Å². The molecule has 1 heterocycles. The highest BCUT2D eigenvalue weighted by molar-refractivity contribution is 7.92. The molecular formula is C12H14FN3O3S. The molecule has 1 aromatic carbocycles. The minimum Gasteiger partial charge on any atom is -0.506 e. The number of nitrogens with one attached hydrogen (secondary N) is 1. The van der Waals surface area contributed by atoms with Crippen molar-refractivity contribution in [3.63, 3.8) is 0 Å². The Morgan fingerprint density at radius 3 is 2.70 bits per heavy atom. The fourth-order valence-corrected chi connectivity index (χ4v) is 2.54. The topological polar surface area (TPSA) is 84.2 Å². The summed E-state index contributed by atoms with van der Waals surface area (Å²) in [7, 11) is -3.93. The molecule has 0 saturated heterocycles. The normalized spacial score (nSPS) is 11.8. The van der Waals surface area contributed by atoms with Gasteiger partial charge in [0, 0.05) is 18.3 Å². The van der Waals surface area contributed by atoms with Crippen molar-refractivity contribution >= 4 is 15.7 Å². The van der Waals surface area contributed by atoms with Gasteiger partial charge in [-0.3, -0.25) is 9.40 Å². The Bertz CT molecular complexity index is 725. The van der Waals surface area contributed by atoms with E-state index in [1.54, 1.807) is 0 Å². The highest BCUT2D eigenvalue weighted by Gasteiger charge is 2.19. The number of nitrogens with zero attached hydrogens (tertiary/aromatic N) is 2. The van der Waals surface area contributed by atoms with Crippen LogP contribution in [0.1, 0.15) is 19.9 Å². The van der Waals surface area contributed by atoms with Gasteiger partial charge in [-0.2, -0.15) is 5.10 Å². The van der Waals surface area contributed by atoms with Crippen LogP contribution in [0.15, 0.2) is 35.5 Å². The van der Waals surface area contributed by atoms with E-state index in [9.17, 15) is 17.9 Å². The number of aromatic nitrogens is 2. The van der Waals surface area contributed by atoms with Gasteiger partial charge < -0.3 is 5.11 Å². The number of hydrogen-bond acceptors (Lipinski definition) is 4. The summed E-state index contributed by atoms with van der Waals surface area (Å²) in [6.07, 6.45) is 2.56. The molecule has 0 fully saturated rings. The SMILES string of the molecule is CC(C)n1cc(S(=O)(=O)Nc2cc(F)ccc2O)cn1. The fourth-order valence-electron chi connectivity index (χ4n) is 1.54. The number of sulfonamides is 1. The number of rotatable bonds is 4. The molecule has 20 heavy (non-hydrogen) atoms. The quantitative estimate of drug-likeness (QED) is 0.847. The molecule has 6 nitrogen and oxygen atoms in total. The van der Waals surface area contributed by atoms with Crippen molar-refractivity contribution in [1.82, 2.24) is 9.78 Å². The molecule has 0 unspecified atom stereocenters. The molecule has 108 valence electrons. The molecular weight excluding hydrogens is 285 g/mol. The number of phenols is 1. The molecule has 8 heteroatoms. The van der Waals surface area contributed by atoms with Crippen LogP contribution in [0.5, 0.6) is 5.75 Å². The first-order valence-electron chi connectivity index (χ1n) is 5.85. The molecule has 0 aliphatic heterocycles. The van der Waals surface area contributed by atoms with Crippen molar-refractivity contribution in [2.75, 3.05) is 4.72 Å². The van der Waals surface area contributed by atoms with Gasteiger partial charge in [0.15, 0.2) is 0 Å². The summed E-state index contributed by atoms with van der Waals surface area (Å²) in [4.78, 5) is -0.0603. The van der Waals surface area contributed by atoms with Crippen LogP contribution in [0.4, 0.5) is 10.1 Å². The smallest absolute Gasteiger partial charge is 0.265 e. The number of hydrogen-bond donors (Lipinski definition) is 2. The summed E-state index contributed by atoms with van der Waals surface area (Å²) >= 11 is 0.